The van der Waals surface area contributed by atoms with E-state index >= 15 is 0 Å². The van der Waals surface area contributed by atoms with Crippen molar-refractivity contribution >= 4 is 0 Å². The summed E-state index contributed by atoms with van der Waals surface area (Å²) in [6.45, 7) is 1.47. The van der Waals surface area contributed by atoms with Gasteiger partial charge in [-0.15, -0.1) is 0 Å². The molecule has 1 aliphatic rings. The highest BCUT2D eigenvalue weighted by atomic mass is 19.1. The van der Waals surface area contributed by atoms with Crippen molar-refractivity contribution < 1.29 is 18.8 Å². The van der Waals surface area contributed by atoms with Crippen LogP contribution in [-0.2, 0) is 11.2 Å². The second-order valence-electron chi connectivity index (χ2n) is 4.61. The zero-order valence-corrected chi connectivity index (χ0v) is 10.2. The van der Waals surface area contributed by atoms with E-state index in [0.717, 1.165) is 13.0 Å². The summed E-state index contributed by atoms with van der Waals surface area (Å²) >= 11 is 0. The smallest absolute Gasteiger partial charge is 0.261 e. The van der Waals surface area contributed by atoms with Gasteiger partial charge in [0.2, 0.25) is 0 Å². The first-order valence-electron chi connectivity index (χ1n) is 6.11. The molecule has 0 amide bonds. The number of nitrogens with zero attached hydrogens (tertiary/aromatic N) is 2. The Bertz CT molecular complexity index is 579. The van der Waals surface area contributed by atoms with Crippen LogP contribution in [0.15, 0.2) is 22.7 Å². The van der Waals surface area contributed by atoms with Crippen LogP contribution in [0.3, 0.4) is 0 Å². The van der Waals surface area contributed by atoms with Crippen LogP contribution in [0.25, 0.3) is 11.5 Å². The molecule has 2 aromatic rings. The molecule has 1 saturated heterocycles. The zero-order valence-electron chi connectivity index (χ0n) is 10.2. The van der Waals surface area contributed by atoms with E-state index in [1.807, 2.05) is 0 Å². The Kier molecular flexibility index (Phi) is 3.16. The number of hydrogen-bond acceptors (Lipinski definition) is 5. The zero-order chi connectivity index (χ0) is 13.2. The molecule has 0 spiro atoms. The molecule has 0 aliphatic carbocycles. The summed E-state index contributed by atoms with van der Waals surface area (Å²) in [4.78, 5) is 4.19. The van der Waals surface area contributed by atoms with Gasteiger partial charge < -0.3 is 14.4 Å². The van der Waals surface area contributed by atoms with E-state index in [-0.39, 0.29) is 17.2 Å². The minimum absolute atomic E-state index is 0.0826. The summed E-state index contributed by atoms with van der Waals surface area (Å²) in [5, 5.41) is 13.5. The highest BCUT2D eigenvalue weighted by Crippen LogP contribution is 2.28. The van der Waals surface area contributed by atoms with Gasteiger partial charge >= 0.3 is 0 Å². The summed E-state index contributed by atoms with van der Waals surface area (Å²) in [6, 6.07) is 3.61. The summed E-state index contributed by atoms with van der Waals surface area (Å²) in [5.41, 5.74) is 0.210. The van der Waals surface area contributed by atoms with Crippen LogP contribution < -0.4 is 0 Å². The van der Waals surface area contributed by atoms with Crippen LogP contribution in [0.5, 0.6) is 5.75 Å². The maximum absolute atomic E-state index is 13.1. The fourth-order valence-electron chi connectivity index (χ4n) is 2.13. The largest absolute Gasteiger partial charge is 0.507 e. The molecule has 2 heterocycles. The van der Waals surface area contributed by atoms with E-state index in [1.165, 1.54) is 18.2 Å². The maximum Gasteiger partial charge on any atom is 0.261 e. The summed E-state index contributed by atoms with van der Waals surface area (Å²) in [6.07, 6.45) is 1.65. The number of phenolic OH excluding ortho intramolecular Hbond substituents is 1. The fourth-order valence-corrected chi connectivity index (χ4v) is 2.13. The first-order chi connectivity index (χ1) is 9.22. The third-order valence-electron chi connectivity index (χ3n) is 3.15. The van der Waals surface area contributed by atoms with Gasteiger partial charge in [-0.1, -0.05) is 5.16 Å². The van der Waals surface area contributed by atoms with Gasteiger partial charge in [0.15, 0.2) is 5.82 Å². The Morgan fingerprint density at radius 1 is 1.42 bits per heavy atom. The topological polar surface area (TPSA) is 68.4 Å². The van der Waals surface area contributed by atoms with Crippen molar-refractivity contribution in [2.45, 2.75) is 12.8 Å². The van der Waals surface area contributed by atoms with E-state index in [4.69, 9.17) is 9.26 Å². The van der Waals surface area contributed by atoms with E-state index in [1.54, 1.807) is 0 Å². The number of ether oxygens (including phenoxy) is 1. The standard InChI is InChI=1S/C13H13FN2O3/c14-9-1-2-11(17)10(6-9)13-15-12(16-19-13)5-8-3-4-18-7-8/h1-2,6,8,17H,3-5,7H2. The molecule has 0 saturated carbocycles. The Labute approximate surface area is 109 Å². The Morgan fingerprint density at radius 2 is 2.32 bits per heavy atom. The molecule has 0 radical (unpaired) electrons. The van der Waals surface area contributed by atoms with Crippen molar-refractivity contribution in [3.63, 3.8) is 0 Å². The van der Waals surface area contributed by atoms with Crippen LogP contribution >= 0.6 is 0 Å². The molecule has 0 bridgehead atoms. The third-order valence-corrected chi connectivity index (χ3v) is 3.15. The number of phenols is 1. The quantitative estimate of drug-likeness (QED) is 0.920. The van der Waals surface area contributed by atoms with E-state index < -0.39 is 5.82 Å². The van der Waals surface area contributed by atoms with Crippen molar-refractivity contribution in [1.29, 1.82) is 0 Å². The van der Waals surface area contributed by atoms with Gasteiger partial charge in [-0.05, 0) is 30.5 Å². The van der Waals surface area contributed by atoms with E-state index in [0.29, 0.717) is 24.8 Å². The molecule has 1 fully saturated rings. The molecule has 1 atom stereocenters. The van der Waals surface area contributed by atoms with Crippen LogP contribution in [0.2, 0.25) is 0 Å². The minimum atomic E-state index is -0.461. The molecule has 1 aromatic heterocycles. The van der Waals surface area contributed by atoms with Crippen LogP contribution in [-0.4, -0.2) is 28.5 Å². The molecule has 100 valence electrons. The molecule has 5 nitrogen and oxygen atoms in total. The predicted molar refractivity (Wildman–Crippen MR) is 64.0 cm³/mol. The highest BCUT2D eigenvalue weighted by molar-refractivity contribution is 5.61. The Hall–Kier alpha value is -1.95. The van der Waals surface area contributed by atoms with Gasteiger partial charge in [-0.3, -0.25) is 0 Å². The first kappa shape index (κ1) is 12.1. The second-order valence-corrected chi connectivity index (χ2v) is 4.61. The normalized spacial score (nSPS) is 18.9. The molecule has 1 unspecified atom stereocenters. The minimum Gasteiger partial charge on any atom is -0.507 e. The summed E-state index contributed by atoms with van der Waals surface area (Å²) in [7, 11) is 0. The number of hydrogen-bond donors (Lipinski definition) is 1. The van der Waals surface area contributed by atoms with Gasteiger partial charge in [0, 0.05) is 19.6 Å². The third kappa shape index (κ3) is 2.58. The molecule has 19 heavy (non-hydrogen) atoms. The number of aromatic nitrogens is 2. The predicted octanol–water partition coefficient (Wildman–Crippen LogP) is 2.16. The second kappa shape index (κ2) is 4.97. The van der Waals surface area contributed by atoms with Crippen LogP contribution in [0, 0.1) is 11.7 Å². The lowest BCUT2D eigenvalue weighted by molar-refractivity contribution is 0.185. The molecule has 6 heteroatoms. The molecular weight excluding hydrogens is 251 g/mol. The van der Waals surface area contributed by atoms with Crippen molar-refractivity contribution in [3.05, 3.63) is 29.8 Å². The molecular formula is C13H13FN2O3. The summed E-state index contributed by atoms with van der Waals surface area (Å²) < 4.78 is 23.5. The van der Waals surface area contributed by atoms with Gasteiger partial charge in [-0.2, -0.15) is 4.98 Å². The lowest BCUT2D eigenvalue weighted by atomic mass is 10.1. The van der Waals surface area contributed by atoms with Crippen LogP contribution in [0.1, 0.15) is 12.2 Å². The average Bonchev–Trinajstić information content (AvgIpc) is 3.04. The number of halogens is 1. The summed E-state index contributed by atoms with van der Waals surface area (Å²) in [5.74, 6) is 0.532. The van der Waals surface area contributed by atoms with Crippen molar-refractivity contribution in [1.82, 2.24) is 10.1 Å². The van der Waals surface area contributed by atoms with Crippen molar-refractivity contribution in [2.75, 3.05) is 13.2 Å². The Morgan fingerprint density at radius 3 is 3.11 bits per heavy atom. The maximum atomic E-state index is 13.1. The molecule has 1 aliphatic heterocycles. The lowest BCUT2D eigenvalue weighted by Gasteiger charge is -2.01. The highest BCUT2D eigenvalue weighted by Gasteiger charge is 2.20. The molecule has 1 N–H and O–H groups in total. The number of benzene rings is 1. The SMILES string of the molecule is Oc1ccc(F)cc1-c1nc(CC2CCOC2)no1. The average molecular weight is 264 g/mol. The van der Waals surface area contributed by atoms with Gasteiger partial charge in [0.1, 0.15) is 11.6 Å². The molecule has 1 aromatic carbocycles. The van der Waals surface area contributed by atoms with E-state index in [2.05, 4.69) is 10.1 Å². The van der Waals surface area contributed by atoms with Crippen molar-refractivity contribution in [3.8, 4) is 17.2 Å². The number of aromatic hydroxyl groups is 1. The van der Waals surface area contributed by atoms with Gasteiger partial charge in [0.25, 0.3) is 5.89 Å². The molecule has 3 rings (SSSR count). The van der Waals surface area contributed by atoms with E-state index in [9.17, 15) is 9.50 Å². The van der Waals surface area contributed by atoms with Gasteiger partial charge in [-0.25, -0.2) is 4.39 Å². The Balaban J connectivity index is 1.82. The lowest BCUT2D eigenvalue weighted by Crippen LogP contribution is -2.04. The van der Waals surface area contributed by atoms with Gasteiger partial charge in [0.05, 0.1) is 5.56 Å². The monoisotopic (exact) mass is 264 g/mol. The fraction of sp³-hybridized carbons (Fsp3) is 0.385. The van der Waals surface area contributed by atoms with Crippen molar-refractivity contribution in [2.24, 2.45) is 5.92 Å². The number of rotatable bonds is 3. The first-order valence-corrected chi connectivity index (χ1v) is 6.11. The van der Waals surface area contributed by atoms with Crippen LogP contribution in [0.4, 0.5) is 4.39 Å².